The van der Waals surface area contributed by atoms with Gasteiger partial charge in [0.2, 0.25) is 0 Å². The fraction of sp³-hybridized carbons (Fsp3) is 1.00. The van der Waals surface area contributed by atoms with Gasteiger partial charge in [0.15, 0.2) is 0 Å². The van der Waals surface area contributed by atoms with Crippen molar-refractivity contribution < 1.29 is 4.74 Å². The molecular weight excluding hydrogens is 234 g/mol. The Kier molecular flexibility index (Phi) is 7.23. The maximum Gasteiger partial charge on any atom is 0.0462 e. The van der Waals surface area contributed by atoms with Crippen LogP contribution in [0.1, 0.15) is 70.6 Å². The van der Waals surface area contributed by atoms with E-state index in [1.165, 1.54) is 77.2 Å². The minimum absolute atomic E-state index is 0.815. The van der Waals surface area contributed by atoms with Crippen LogP contribution in [0.2, 0.25) is 0 Å². The molecule has 0 radical (unpaired) electrons. The Labute approximate surface area is 119 Å². The predicted molar refractivity (Wildman–Crippen MR) is 81.4 cm³/mol. The van der Waals surface area contributed by atoms with Crippen molar-refractivity contribution in [1.29, 1.82) is 0 Å². The molecule has 0 aromatic carbocycles. The van der Waals surface area contributed by atoms with E-state index < -0.39 is 0 Å². The molecule has 2 fully saturated rings. The van der Waals surface area contributed by atoms with E-state index in [1.54, 1.807) is 7.11 Å². The molecule has 2 heteroatoms. The maximum absolute atomic E-state index is 5.09. The normalized spacial score (nSPS) is 31.7. The fourth-order valence-corrected chi connectivity index (χ4v) is 4.12. The first kappa shape index (κ1) is 15.3. The molecule has 2 rings (SSSR count). The minimum Gasteiger partial charge on any atom is -0.385 e. The average molecular weight is 267 g/mol. The van der Waals surface area contributed by atoms with Crippen molar-refractivity contribution in [3.05, 3.63) is 0 Å². The Morgan fingerprint density at radius 2 is 1.68 bits per heavy atom. The van der Waals surface area contributed by atoms with E-state index in [2.05, 4.69) is 5.32 Å². The van der Waals surface area contributed by atoms with E-state index in [1.807, 2.05) is 0 Å². The van der Waals surface area contributed by atoms with Gasteiger partial charge < -0.3 is 10.1 Å². The minimum atomic E-state index is 0.815. The summed E-state index contributed by atoms with van der Waals surface area (Å²) in [7, 11) is 1.80. The molecule has 0 saturated heterocycles. The summed E-state index contributed by atoms with van der Waals surface area (Å²) in [5, 5.41) is 3.83. The fourth-order valence-electron chi connectivity index (χ4n) is 4.12. The average Bonchev–Trinajstić information content (AvgIpc) is 2.64. The summed E-state index contributed by atoms with van der Waals surface area (Å²) < 4.78 is 5.09. The van der Waals surface area contributed by atoms with Gasteiger partial charge in [0.1, 0.15) is 0 Å². The lowest BCUT2D eigenvalue weighted by atomic mass is 9.76. The third-order valence-corrected chi connectivity index (χ3v) is 5.24. The summed E-state index contributed by atoms with van der Waals surface area (Å²) in [5.74, 6) is 2.12. The quantitative estimate of drug-likeness (QED) is 0.700. The van der Waals surface area contributed by atoms with E-state index in [-0.39, 0.29) is 0 Å². The van der Waals surface area contributed by atoms with Crippen molar-refractivity contribution in [2.75, 3.05) is 20.3 Å². The van der Waals surface area contributed by atoms with Gasteiger partial charge in [-0.05, 0) is 50.5 Å². The predicted octanol–water partition coefficient (Wildman–Crippen LogP) is 4.14. The molecule has 2 aliphatic rings. The van der Waals surface area contributed by atoms with Crippen molar-refractivity contribution in [3.8, 4) is 0 Å². The molecule has 0 aromatic heterocycles. The first-order valence-electron chi connectivity index (χ1n) is 8.62. The second-order valence-electron chi connectivity index (χ2n) is 6.68. The second-order valence-corrected chi connectivity index (χ2v) is 6.68. The van der Waals surface area contributed by atoms with Crippen molar-refractivity contribution in [1.82, 2.24) is 5.32 Å². The first-order valence-corrected chi connectivity index (χ1v) is 8.62. The zero-order valence-corrected chi connectivity index (χ0v) is 12.8. The van der Waals surface area contributed by atoms with Gasteiger partial charge >= 0.3 is 0 Å². The highest BCUT2D eigenvalue weighted by atomic mass is 16.5. The Balaban J connectivity index is 1.60. The summed E-state index contributed by atoms with van der Waals surface area (Å²) >= 11 is 0. The first-order chi connectivity index (χ1) is 9.40. The van der Waals surface area contributed by atoms with Gasteiger partial charge in [0.05, 0.1) is 0 Å². The topological polar surface area (TPSA) is 21.3 Å². The Bertz CT molecular complexity index is 231. The molecule has 112 valence electrons. The van der Waals surface area contributed by atoms with Crippen molar-refractivity contribution >= 4 is 0 Å². The molecule has 0 amide bonds. The summed E-state index contributed by atoms with van der Waals surface area (Å²) in [4.78, 5) is 0. The lowest BCUT2D eigenvalue weighted by Gasteiger charge is -2.31. The maximum atomic E-state index is 5.09. The van der Waals surface area contributed by atoms with Gasteiger partial charge in [-0.2, -0.15) is 0 Å². The van der Waals surface area contributed by atoms with Gasteiger partial charge in [-0.25, -0.2) is 0 Å². The van der Waals surface area contributed by atoms with E-state index in [0.29, 0.717) is 0 Å². The SMILES string of the molecule is COCCCCCNC1CCCC2CCCC[C@H]2C1. The summed E-state index contributed by atoms with van der Waals surface area (Å²) in [6, 6.07) is 0.815. The van der Waals surface area contributed by atoms with Crippen LogP contribution in [0, 0.1) is 11.8 Å². The Morgan fingerprint density at radius 3 is 2.53 bits per heavy atom. The molecule has 0 aromatic rings. The molecule has 0 heterocycles. The summed E-state index contributed by atoms with van der Waals surface area (Å²) in [6.07, 6.45) is 15.7. The molecule has 2 saturated carbocycles. The molecule has 3 atom stereocenters. The number of hydrogen-bond donors (Lipinski definition) is 1. The largest absolute Gasteiger partial charge is 0.385 e. The van der Waals surface area contributed by atoms with Crippen molar-refractivity contribution in [3.63, 3.8) is 0 Å². The van der Waals surface area contributed by atoms with Crippen LogP contribution in [0.5, 0.6) is 0 Å². The van der Waals surface area contributed by atoms with E-state index in [0.717, 1.165) is 24.5 Å². The molecule has 19 heavy (non-hydrogen) atoms. The number of unbranched alkanes of at least 4 members (excludes halogenated alkanes) is 2. The van der Waals surface area contributed by atoms with Gasteiger partial charge in [-0.1, -0.05) is 38.5 Å². The lowest BCUT2D eigenvalue weighted by Crippen LogP contribution is -2.32. The van der Waals surface area contributed by atoms with Gasteiger partial charge in [0, 0.05) is 19.8 Å². The number of rotatable bonds is 7. The molecule has 2 nitrogen and oxygen atoms in total. The van der Waals surface area contributed by atoms with E-state index >= 15 is 0 Å². The third kappa shape index (κ3) is 5.43. The molecule has 1 N–H and O–H groups in total. The third-order valence-electron chi connectivity index (χ3n) is 5.24. The van der Waals surface area contributed by atoms with Crippen molar-refractivity contribution in [2.24, 2.45) is 11.8 Å². The van der Waals surface area contributed by atoms with Gasteiger partial charge in [-0.15, -0.1) is 0 Å². The van der Waals surface area contributed by atoms with Crippen LogP contribution >= 0.6 is 0 Å². The van der Waals surface area contributed by atoms with Crippen molar-refractivity contribution in [2.45, 2.75) is 76.7 Å². The van der Waals surface area contributed by atoms with Crippen LogP contribution in [0.15, 0.2) is 0 Å². The van der Waals surface area contributed by atoms with E-state index in [4.69, 9.17) is 4.74 Å². The number of methoxy groups -OCH3 is 1. The molecular formula is C17H33NO. The van der Waals surface area contributed by atoms with Crippen LogP contribution in [0.3, 0.4) is 0 Å². The summed E-state index contributed by atoms with van der Waals surface area (Å²) in [6.45, 7) is 2.14. The zero-order chi connectivity index (χ0) is 13.3. The van der Waals surface area contributed by atoms with Crippen LogP contribution < -0.4 is 5.32 Å². The number of fused-ring (bicyclic) bond motifs is 1. The highest BCUT2D eigenvalue weighted by molar-refractivity contribution is 4.84. The van der Waals surface area contributed by atoms with Crippen LogP contribution in [-0.4, -0.2) is 26.3 Å². The molecule has 0 spiro atoms. The lowest BCUT2D eigenvalue weighted by molar-refractivity contribution is 0.191. The summed E-state index contributed by atoms with van der Waals surface area (Å²) in [5.41, 5.74) is 0. The molecule has 2 aliphatic carbocycles. The molecule has 2 unspecified atom stereocenters. The molecule has 0 aliphatic heterocycles. The number of hydrogen-bond acceptors (Lipinski definition) is 2. The van der Waals surface area contributed by atoms with Gasteiger partial charge in [0.25, 0.3) is 0 Å². The van der Waals surface area contributed by atoms with Crippen LogP contribution in [-0.2, 0) is 4.74 Å². The Hall–Kier alpha value is -0.0800. The molecule has 0 bridgehead atoms. The van der Waals surface area contributed by atoms with Crippen LogP contribution in [0.4, 0.5) is 0 Å². The highest BCUT2D eigenvalue weighted by Gasteiger charge is 2.29. The zero-order valence-electron chi connectivity index (χ0n) is 12.8. The van der Waals surface area contributed by atoms with Crippen LogP contribution in [0.25, 0.3) is 0 Å². The number of nitrogens with one attached hydrogen (secondary N) is 1. The second kappa shape index (κ2) is 8.97. The Morgan fingerprint density at radius 1 is 0.895 bits per heavy atom. The van der Waals surface area contributed by atoms with E-state index in [9.17, 15) is 0 Å². The monoisotopic (exact) mass is 267 g/mol. The highest BCUT2D eigenvalue weighted by Crippen LogP contribution is 2.39. The number of ether oxygens (including phenoxy) is 1. The standard InChI is InChI=1S/C17H33NO/c1-19-13-6-2-5-12-18-17-11-7-10-15-8-3-4-9-16(15)14-17/h15-18H,2-14H2,1H3/t15?,16-,17?/m0/s1. The van der Waals surface area contributed by atoms with Gasteiger partial charge in [-0.3, -0.25) is 0 Å². The smallest absolute Gasteiger partial charge is 0.0462 e.